The predicted octanol–water partition coefficient (Wildman–Crippen LogP) is 10.8. The fourth-order valence-corrected chi connectivity index (χ4v) is 7.38. The van der Waals surface area contributed by atoms with Crippen molar-refractivity contribution in [2.75, 3.05) is 0 Å². The second-order valence-corrected chi connectivity index (χ2v) is 12.3. The van der Waals surface area contributed by atoms with Gasteiger partial charge in [0, 0.05) is 32.8 Å². The molecule has 9 rings (SSSR count). The molecule has 9 aromatic rings. The summed E-state index contributed by atoms with van der Waals surface area (Å²) in [6.45, 7) is 0. The molecule has 0 N–H and O–H groups in total. The summed E-state index contributed by atoms with van der Waals surface area (Å²) in [5.74, 6) is 0. The van der Waals surface area contributed by atoms with E-state index >= 15 is 0 Å². The summed E-state index contributed by atoms with van der Waals surface area (Å²) >= 11 is 0. The second-order valence-electron chi connectivity index (χ2n) is 12.3. The number of nitrogens with zero attached hydrogens (tertiary/aromatic N) is 5. The zero-order chi connectivity index (χ0) is 33.8. The van der Waals surface area contributed by atoms with Crippen molar-refractivity contribution in [3.63, 3.8) is 0 Å². The van der Waals surface area contributed by atoms with Crippen molar-refractivity contribution < 1.29 is 0 Å². The van der Waals surface area contributed by atoms with Crippen molar-refractivity contribution in [1.29, 1.82) is 15.8 Å². The lowest BCUT2D eigenvalue weighted by Crippen LogP contribution is -2.01. The van der Waals surface area contributed by atoms with Gasteiger partial charge >= 0.3 is 0 Å². The average molecular weight is 636 g/mol. The van der Waals surface area contributed by atoms with Gasteiger partial charge in [-0.2, -0.15) is 15.8 Å². The molecule has 0 unspecified atom stereocenters. The van der Waals surface area contributed by atoms with Gasteiger partial charge in [-0.05, 0) is 89.5 Å². The first-order valence-electron chi connectivity index (χ1n) is 16.3. The van der Waals surface area contributed by atoms with Gasteiger partial charge in [0.05, 0.1) is 56.6 Å². The molecule has 50 heavy (non-hydrogen) atoms. The molecular formula is C45H25N5. The molecule has 5 nitrogen and oxygen atoms in total. The lowest BCUT2D eigenvalue weighted by atomic mass is 9.96. The van der Waals surface area contributed by atoms with E-state index in [-0.39, 0.29) is 0 Å². The Balaban J connectivity index is 1.18. The van der Waals surface area contributed by atoms with E-state index in [2.05, 4.69) is 106 Å². The van der Waals surface area contributed by atoms with Crippen LogP contribution in [0.15, 0.2) is 152 Å². The van der Waals surface area contributed by atoms with Gasteiger partial charge in [-0.3, -0.25) is 0 Å². The molecule has 5 heteroatoms. The Morgan fingerprint density at radius 3 is 1.58 bits per heavy atom. The molecule has 0 fully saturated rings. The molecule has 7 aromatic carbocycles. The summed E-state index contributed by atoms with van der Waals surface area (Å²) in [6.07, 6.45) is 0. The minimum atomic E-state index is 0.567. The van der Waals surface area contributed by atoms with E-state index in [0.717, 1.165) is 77.2 Å². The molecular weight excluding hydrogens is 611 g/mol. The van der Waals surface area contributed by atoms with Gasteiger partial charge in [-0.25, -0.2) is 0 Å². The first-order chi connectivity index (χ1) is 24.7. The van der Waals surface area contributed by atoms with Crippen LogP contribution in [0.25, 0.3) is 77.2 Å². The van der Waals surface area contributed by atoms with Gasteiger partial charge in [0.15, 0.2) is 0 Å². The average Bonchev–Trinajstić information content (AvgIpc) is 3.69. The second kappa shape index (κ2) is 11.4. The molecule has 0 aliphatic rings. The number of para-hydroxylation sites is 3. The van der Waals surface area contributed by atoms with Gasteiger partial charge in [0.2, 0.25) is 0 Å². The summed E-state index contributed by atoms with van der Waals surface area (Å²) in [6, 6.07) is 57.9. The van der Waals surface area contributed by atoms with Crippen molar-refractivity contribution in [2.45, 2.75) is 0 Å². The van der Waals surface area contributed by atoms with Crippen LogP contribution in [0.5, 0.6) is 0 Å². The van der Waals surface area contributed by atoms with Crippen LogP contribution in [-0.2, 0) is 0 Å². The molecule has 0 radical (unpaired) electrons. The smallest absolute Gasteiger partial charge is 0.101 e. The van der Waals surface area contributed by atoms with E-state index in [0.29, 0.717) is 16.7 Å². The maximum atomic E-state index is 10.4. The normalized spacial score (nSPS) is 11.1. The third kappa shape index (κ3) is 4.38. The fraction of sp³-hybridized carbons (Fsp3) is 0. The van der Waals surface area contributed by atoms with Gasteiger partial charge in [0.25, 0.3) is 0 Å². The number of rotatable bonds is 4. The number of benzene rings is 7. The topological polar surface area (TPSA) is 81.2 Å². The van der Waals surface area contributed by atoms with Gasteiger partial charge in [0.1, 0.15) is 6.07 Å². The van der Waals surface area contributed by atoms with Gasteiger partial charge in [-0.1, -0.05) is 78.9 Å². The van der Waals surface area contributed by atoms with Crippen molar-refractivity contribution in [3.05, 3.63) is 168 Å². The van der Waals surface area contributed by atoms with Gasteiger partial charge in [-0.15, -0.1) is 0 Å². The van der Waals surface area contributed by atoms with E-state index in [1.54, 1.807) is 0 Å². The number of nitriles is 3. The summed E-state index contributed by atoms with van der Waals surface area (Å²) < 4.78 is 4.41. The molecule has 0 saturated carbocycles. The molecule has 230 valence electrons. The maximum Gasteiger partial charge on any atom is 0.101 e. The van der Waals surface area contributed by atoms with Crippen LogP contribution >= 0.6 is 0 Å². The lowest BCUT2D eigenvalue weighted by Gasteiger charge is -2.16. The lowest BCUT2D eigenvalue weighted by molar-refractivity contribution is 1.17. The Kier molecular flexibility index (Phi) is 6.56. The number of hydrogen-bond donors (Lipinski definition) is 0. The molecule has 0 aliphatic heterocycles. The minimum absolute atomic E-state index is 0.567. The summed E-state index contributed by atoms with van der Waals surface area (Å²) in [5, 5.41) is 33.7. The predicted molar refractivity (Wildman–Crippen MR) is 200 cm³/mol. The van der Waals surface area contributed by atoms with E-state index in [1.165, 1.54) is 0 Å². The molecule has 0 aliphatic carbocycles. The molecule has 0 bridgehead atoms. The van der Waals surface area contributed by atoms with Crippen molar-refractivity contribution >= 4 is 43.6 Å². The van der Waals surface area contributed by atoms with Crippen molar-refractivity contribution in [1.82, 2.24) is 9.13 Å². The number of fused-ring (bicyclic) bond motifs is 6. The highest BCUT2D eigenvalue weighted by Crippen LogP contribution is 2.39. The van der Waals surface area contributed by atoms with Crippen LogP contribution in [0.4, 0.5) is 0 Å². The number of hydrogen-bond acceptors (Lipinski definition) is 3. The number of aromatic nitrogens is 2. The first-order valence-corrected chi connectivity index (χ1v) is 16.3. The zero-order valence-electron chi connectivity index (χ0n) is 26.7. The monoisotopic (exact) mass is 635 g/mol. The Hall–Kier alpha value is -7.39. The van der Waals surface area contributed by atoms with Crippen LogP contribution < -0.4 is 0 Å². The molecule has 0 saturated heterocycles. The first kappa shape index (κ1) is 28.8. The summed E-state index contributed by atoms with van der Waals surface area (Å²) in [4.78, 5) is 0. The molecule has 0 amide bonds. The van der Waals surface area contributed by atoms with Gasteiger partial charge < -0.3 is 9.13 Å². The Labute approximate surface area is 287 Å². The van der Waals surface area contributed by atoms with Crippen LogP contribution in [0, 0.1) is 34.0 Å². The summed E-state index contributed by atoms with van der Waals surface area (Å²) in [5.41, 5.74) is 11.8. The molecule has 0 spiro atoms. The van der Waals surface area contributed by atoms with Crippen LogP contribution in [0.1, 0.15) is 16.7 Å². The maximum absolute atomic E-state index is 10.4. The van der Waals surface area contributed by atoms with Crippen LogP contribution in [0.3, 0.4) is 0 Å². The highest BCUT2D eigenvalue weighted by Gasteiger charge is 2.20. The molecule has 0 atom stereocenters. The Morgan fingerprint density at radius 1 is 0.380 bits per heavy atom. The van der Waals surface area contributed by atoms with E-state index in [4.69, 9.17) is 0 Å². The van der Waals surface area contributed by atoms with Crippen molar-refractivity contribution in [2.24, 2.45) is 0 Å². The van der Waals surface area contributed by atoms with E-state index in [9.17, 15) is 15.8 Å². The summed E-state index contributed by atoms with van der Waals surface area (Å²) in [7, 11) is 0. The molecule has 2 aromatic heterocycles. The van der Waals surface area contributed by atoms with Crippen LogP contribution in [0.2, 0.25) is 0 Å². The quantitative estimate of drug-likeness (QED) is 0.193. The Morgan fingerprint density at radius 2 is 0.940 bits per heavy atom. The highest BCUT2D eigenvalue weighted by atomic mass is 15.0. The van der Waals surface area contributed by atoms with Crippen molar-refractivity contribution in [3.8, 4) is 51.8 Å². The third-order valence-electron chi connectivity index (χ3n) is 9.62. The largest absolute Gasteiger partial charge is 0.309 e. The standard InChI is InChI=1S/C45H25N5/c46-26-29-15-21-43-39(23-29)37-10-1-3-13-41(37)49(43)35-19-17-31(18-20-35)32-7-5-8-33(25-32)36-12-6-9-34(28-48)45(36)50-42-14-4-2-11-38(42)40-24-30(27-47)16-22-44(40)50/h1-25H. The van der Waals surface area contributed by atoms with E-state index < -0.39 is 0 Å². The molecule has 2 heterocycles. The minimum Gasteiger partial charge on any atom is -0.309 e. The van der Waals surface area contributed by atoms with Crippen LogP contribution in [-0.4, -0.2) is 9.13 Å². The third-order valence-corrected chi connectivity index (χ3v) is 9.62. The SMILES string of the molecule is N#Cc1ccc2c(c1)c1ccccc1n2-c1ccc(-c2cccc(-c3cccc(C#N)c3-n3c4ccccc4c4cc(C#N)ccc43)c2)cc1. The highest BCUT2D eigenvalue weighted by molar-refractivity contribution is 6.11. The fourth-order valence-electron chi connectivity index (χ4n) is 7.38. The van der Waals surface area contributed by atoms with E-state index in [1.807, 2.05) is 72.8 Å². The zero-order valence-corrected chi connectivity index (χ0v) is 26.7. The Bertz CT molecular complexity index is 2960.